The average Bonchev–Trinajstić information content (AvgIpc) is 2.35. The zero-order chi connectivity index (χ0) is 11.2. The molecule has 0 N–H and O–H groups in total. The maximum Gasteiger partial charge on any atom is 0.0267 e. The van der Waals surface area contributed by atoms with Crippen LogP contribution in [0, 0.1) is 0 Å². The second kappa shape index (κ2) is 13.8. The molecule has 0 aliphatic carbocycles. The molecule has 2 aromatic heterocycles. The molecule has 5 heteroatoms. The summed E-state index contributed by atoms with van der Waals surface area (Å²) in [5.74, 6) is 0. The van der Waals surface area contributed by atoms with Crippen molar-refractivity contribution in [1.82, 2.24) is 9.97 Å². The van der Waals surface area contributed by atoms with Crippen LogP contribution in [0.15, 0.2) is 61.2 Å². The Kier molecular flexibility index (Phi) is 13.6. The third-order valence-electron chi connectivity index (χ3n) is 1.13. The normalized spacial score (nSPS) is 7.60. The van der Waals surface area contributed by atoms with E-state index in [9.17, 15) is 0 Å². The second-order valence-electron chi connectivity index (χ2n) is 2.10. The molecule has 0 aromatic carbocycles. The van der Waals surface area contributed by atoms with E-state index in [4.69, 9.17) is 0 Å². The van der Waals surface area contributed by atoms with Gasteiger partial charge < -0.3 is 0 Å². The Balaban J connectivity index is 0.000000210. The third-order valence-corrected chi connectivity index (χ3v) is 1.13. The van der Waals surface area contributed by atoms with E-state index in [2.05, 4.69) is 38.2 Å². The fourth-order valence-electron chi connectivity index (χ4n) is 0.625. The Morgan fingerprint density at radius 3 is 0.933 bits per heavy atom. The van der Waals surface area contributed by atoms with Crippen molar-refractivity contribution in [2.75, 3.05) is 0 Å². The maximum atomic E-state index is 3.78. The van der Waals surface area contributed by atoms with Crippen LogP contribution in [0.2, 0.25) is 0 Å². The summed E-state index contributed by atoms with van der Waals surface area (Å²) in [7, 11) is 0. The number of aromatic nitrogens is 2. The molecule has 0 aliphatic rings. The second-order valence-corrected chi connectivity index (χ2v) is 8.06. The molecular formula is C10H10Br2MnN2. The summed E-state index contributed by atoms with van der Waals surface area (Å²) in [6.45, 7) is 0. The van der Waals surface area contributed by atoms with Gasteiger partial charge >= 0.3 is 39.6 Å². The van der Waals surface area contributed by atoms with Gasteiger partial charge in [-0.25, -0.2) is 0 Å². The van der Waals surface area contributed by atoms with Gasteiger partial charge in [-0.05, 0) is 24.3 Å². The van der Waals surface area contributed by atoms with E-state index in [0.717, 1.165) is 0 Å². The molecule has 0 atom stereocenters. The first-order valence-corrected chi connectivity index (χ1v) is 9.82. The Morgan fingerprint density at radius 1 is 0.600 bits per heavy atom. The molecule has 0 saturated heterocycles. The van der Waals surface area contributed by atoms with Crippen molar-refractivity contribution in [3.8, 4) is 0 Å². The predicted molar refractivity (Wildman–Crippen MR) is 66.3 cm³/mol. The molecular weight excluding hydrogens is 363 g/mol. The van der Waals surface area contributed by atoms with Crippen LogP contribution in [0.1, 0.15) is 0 Å². The largest absolute Gasteiger partial charge is 0.265 e. The topological polar surface area (TPSA) is 25.8 Å². The summed E-state index contributed by atoms with van der Waals surface area (Å²) in [5.41, 5.74) is 0. The van der Waals surface area contributed by atoms with Gasteiger partial charge in [-0.3, -0.25) is 9.97 Å². The molecule has 2 nitrogen and oxygen atoms in total. The van der Waals surface area contributed by atoms with E-state index in [1.165, 1.54) is 0 Å². The van der Waals surface area contributed by atoms with E-state index in [1.807, 2.05) is 36.4 Å². The van der Waals surface area contributed by atoms with Gasteiger partial charge in [0.05, 0.1) is 0 Å². The molecule has 81 valence electrons. The van der Waals surface area contributed by atoms with Gasteiger partial charge in [0.25, 0.3) is 0 Å². The molecule has 0 radical (unpaired) electrons. The summed E-state index contributed by atoms with van der Waals surface area (Å²) in [5, 5.41) is 0. The summed E-state index contributed by atoms with van der Waals surface area (Å²) < 4.78 is 0. The monoisotopic (exact) mass is 371 g/mol. The van der Waals surface area contributed by atoms with Crippen LogP contribution < -0.4 is 0 Å². The number of pyridine rings is 2. The number of nitrogens with zero attached hydrogens (tertiary/aromatic N) is 2. The van der Waals surface area contributed by atoms with E-state index in [-0.39, 0.29) is 0 Å². The minimum Gasteiger partial charge on any atom is -0.265 e. The van der Waals surface area contributed by atoms with Crippen LogP contribution in [0.5, 0.6) is 0 Å². The van der Waals surface area contributed by atoms with E-state index < -0.39 is 0 Å². The Morgan fingerprint density at radius 2 is 0.867 bits per heavy atom. The first-order chi connectivity index (χ1) is 7.41. The molecule has 0 amide bonds. The number of hydrogen-bond acceptors (Lipinski definition) is 2. The molecule has 0 unspecified atom stereocenters. The summed E-state index contributed by atoms with van der Waals surface area (Å²) in [6, 6.07) is 11.4. The van der Waals surface area contributed by atoms with Crippen molar-refractivity contribution < 1.29 is 11.3 Å². The summed E-state index contributed by atoms with van der Waals surface area (Å²) in [6.07, 6.45) is 7.00. The fraction of sp³-hybridized carbons (Fsp3) is 0. The Labute approximate surface area is 110 Å². The van der Waals surface area contributed by atoms with Crippen molar-refractivity contribution in [3.05, 3.63) is 61.2 Å². The van der Waals surface area contributed by atoms with Gasteiger partial charge in [0.1, 0.15) is 0 Å². The quantitative estimate of drug-likeness (QED) is 0.656. The van der Waals surface area contributed by atoms with Gasteiger partial charge in [-0.15, -0.1) is 0 Å². The minimum atomic E-state index is 0.688. The fourth-order valence-corrected chi connectivity index (χ4v) is 0.625. The Hall–Kier alpha value is -0.221. The van der Waals surface area contributed by atoms with Crippen molar-refractivity contribution >= 4 is 28.2 Å². The van der Waals surface area contributed by atoms with Crippen LogP contribution in [0.4, 0.5) is 0 Å². The molecule has 2 rings (SSSR count). The molecule has 0 spiro atoms. The minimum absolute atomic E-state index is 0.688. The van der Waals surface area contributed by atoms with Crippen LogP contribution in [-0.2, 0) is 11.3 Å². The zero-order valence-electron chi connectivity index (χ0n) is 7.80. The number of rotatable bonds is 0. The Bertz CT molecular complexity index is 210. The van der Waals surface area contributed by atoms with E-state index in [1.54, 1.807) is 24.8 Å². The van der Waals surface area contributed by atoms with Crippen LogP contribution in [0.3, 0.4) is 0 Å². The first-order valence-electron chi connectivity index (χ1n) is 3.99. The maximum absolute atomic E-state index is 3.78. The number of hydrogen-bond donors (Lipinski definition) is 0. The van der Waals surface area contributed by atoms with Gasteiger partial charge in [0, 0.05) is 24.8 Å². The smallest absolute Gasteiger partial charge is 0.0267 e. The van der Waals surface area contributed by atoms with E-state index >= 15 is 0 Å². The molecule has 15 heavy (non-hydrogen) atoms. The van der Waals surface area contributed by atoms with Crippen molar-refractivity contribution in [2.24, 2.45) is 0 Å². The van der Waals surface area contributed by atoms with Crippen molar-refractivity contribution in [2.45, 2.75) is 0 Å². The van der Waals surface area contributed by atoms with Crippen molar-refractivity contribution in [1.29, 1.82) is 0 Å². The third kappa shape index (κ3) is 13.8. The van der Waals surface area contributed by atoms with Gasteiger partial charge in [0.15, 0.2) is 0 Å². The average molecular weight is 373 g/mol. The SMILES string of the molecule is [Br][Mn][Br].c1ccncc1.c1ccncc1. The standard InChI is InChI=1S/2C5H5N.2BrH.Mn/c2*1-2-4-6-5-3-1;;;/h2*1-5H;2*1H;/q;;;;+2/p-2. The van der Waals surface area contributed by atoms with Gasteiger partial charge in [-0.1, -0.05) is 12.1 Å². The molecule has 0 aliphatic heterocycles. The number of halogens is 2. The van der Waals surface area contributed by atoms with Crippen molar-refractivity contribution in [3.63, 3.8) is 0 Å². The molecule has 2 aromatic rings. The zero-order valence-corrected chi connectivity index (χ0v) is 12.2. The summed E-state index contributed by atoms with van der Waals surface area (Å²) >= 11 is 6.88. The van der Waals surface area contributed by atoms with Crippen LogP contribution in [0.25, 0.3) is 0 Å². The predicted octanol–water partition coefficient (Wildman–Crippen LogP) is 3.85. The van der Waals surface area contributed by atoms with Crippen LogP contribution in [-0.4, -0.2) is 9.97 Å². The van der Waals surface area contributed by atoms with Gasteiger partial charge in [0.2, 0.25) is 0 Å². The molecule has 0 bridgehead atoms. The summed E-state index contributed by atoms with van der Waals surface area (Å²) in [4.78, 5) is 7.57. The van der Waals surface area contributed by atoms with E-state index in [0.29, 0.717) is 11.3 Å². The molecule has 0 saturated carbocycles. The first kappa shape index (κ1) is 14.8. The molecule has 0 fully saturated rings. The van der Waals surface area contributed by atoms with Crippen LogP contribution >= 0.6 is 28.2 Å². The molecule has 2 heterocycles. The van der Waals surface area contributed by atoms with Gasteiger partial charge in [-0.2, -0.15) is 0 Å².